The Labute approximate surface area is 198 Å². The van der Waals surface area contributed by atoms with Gasteiger partial charge in [0, 0.05) is 49.0 Å². The molecule has 0 aliphatic heterocycles. The number of carbonyl (C=O) groups excluding carboxylic acids is 1. The first-order chi connectivity index (χ1) is 15.8. The van der Waals surface area contributed by atoms with E-state index < -0.39 is 0 Å². The van der Waals surface area contributed by atoms with Gasteiger partial charge in [-0.25, -0.2) is 0 Å². The van der Waals surface area contributed by atoms with Crippen molar-refractivity contribution in [2.45, 2.75) is 26.9 Å². The molecule has 2 N–H and O–H groups in total. The van der Waals surface area contributed by atoms with Crippen molar-refractivity contribution in [1.29, 1.82) is 5.41 Å². The molecule has 7 heteroatoms. The van der Waals surface area contributed by atoms with Crippen molar-refractivity contribution < 1.29 is 4.79 Å². The molecule has 0 aliphatic rings. The van der Waals surface area contributed by atoms with Gasteiger partial charge in [0.1, 0.15) is 0 Å². The molecule has 0 aliphatic carbocycles. The van der Waals surface area contributed by atoms with Gasteiger partial charge >= 0.3 is 0 Å². The molecule has 33 heavy (non-hydrogen) atoms. The lowest BCUT2D eigenvalue weighted by Gasteiger charge is -2.13. The van der Waals surface area contributed by atoms with E-state index in [0.717, 1.165) is 33.4 Å². The van der Waals surface area contributed by atoms with Crippen LogP contribution in [0, 0.1) is 19.3 Å². The number of nitrogens with one attached hydrogen (secondary N) is 2. The molecule has 0 saturated heterocycles. The monoisotopic (exact) mass is 459 g/mol. The van der Waals surface area contributed by atoms with Crippen molar-refractivity contribution in [3.63, 3.8) is 0 Å². The zero-order valence-electron chi connectivity index (χ0n) is 18.9. The summed E-state index contributed by atoms with van der Waals surface area (Å²) in [5, 5.41) is 12.0. The lowest BCUT2D eigenvalue weighted by molar-refractivity contribution is 0.0951. The van der Waals surface area contributed by atoms with Crippen LogP contribution in [0.3, 0.4) is 0 Å². The highest BCUT2D eigenvalue weighted by Gasteiger charge is 2.12. The van der Waals surface area contributed by atoms with Gasteiger partial charge in [0.2, 0.25) is 5.62 Å². The first-order valence-electron chi connectivity index (χ1n) is 10.7. The van der Waals surface area contributed by atoms with Crippen LogP contribution in [0.2, 0.25) is 5.02 Å². The molecular formula is C26H26ClN5O. The van der Waals surface area contributed by atoms with Crippen molar-refractivity contribution >= 4 is 17.5 Å². The number of pyridine rings is 1. The molecule has 1 amide bonds. The number of halogens is 1. The second-order valence-corrected chi connectivity index (χ2v) is 8.64. The van der Waals surface area contributed by atoms with Crippen LogP contribution in [0.15, 0.2) is 67.3 Å². The number of nitrogens with zero attached hydrogens (tertiary/aromatic N) is 3. The molecule has 0 unspecified atom stereocenters. The van der Waals surface area contributed by atoms with Crippen LogP contribution < -0.4 is 10.9 Å². The van der Waals surface area contributed by atoms with Crippen LogP contribution >= 0.6 is 11.6 Å². The summed E-state index contributed by atoms with van der Waals surface area (Å²) in [4.78, 5) is 17.3. The largest absolute Gasteiger partial charge is 0.348 e. The maximum absolute atomic E-state index is 13.1. The lowest BCUT2D eigenvalue weighted by Crippen LogP contribution is -2.24. The minimum atomic E-state index is -0.151. The van der Waals surface area contributed by atoms with Crippen LogP contribution in [-0.2, 0) is 20.1 Å². The highest BCUT2D eigenvalue weighted by atomic mass is 35.5. The van der Waals surface area contributed by atoms with E-state index in [4.69, 9.17) is 17.0 Å². The maximum atomic E-state index is 13.1. The zero-order chi connectivity index (χ0) is 23.5. The molecule has 0 saturated carbocycles. The zero-order valence-corrected chi connectivity index (χ0v) is 19.6. The van der Waals surface area contributed by atoms with Crippen LogP contribution in [-0.4, -0.2) is 20.0 Å². The van der Waals surface area contributed by atoms with Gasteiger partial charge in [-0.15, -0.1) is 0 Å². The molecule has 0 fully saturated rings. The number of aryl methyl sites for hydroxylation is 3. The fourth-order valence-electron chi connectivity index (χ4n) is 3.82. The molecule has 0 spiro atoms. The highest BCUT2D eigenvalue weighted by molar-refractivity contribution is 6.31. The Balaban J connectivity index is 1.66. The average Bonchev–Trinajstić information content (AvgIpc) is 3.12. The van der Waals surface area contributed by atoms with Crippen molar-refractivity contribution in [3.8, 4) is 11.1 Å². The number of hydrogen-bond acceptors (Lipinski definition) is 3. The number of benzene rings is 2. The second kappa shape index (κ2) is 9.46. The van der Waals surface area contributed by atoms with Crippen molar-refractivity contribution in [3.05, 3.63) is 106 Å². The third-order valence-electron chi connectivity index (χ3n) is 5.69. The first-order valence-corrected chi connectivity index (χ1v) is 11.0. The maximum Gasteiger partial charge on any atom is 0.251 e. The van der Waals surface area contributed by atoms with Crippen molar-refractivity contribution in [2.75, 3.05) is 0 Å². The van der Waals surface area contributed by atoms with Gasteiger partial charge in [-0.3, -0.25) is 15.2 Å². The van der Waals surface area contributed by atoms with Gasteiger partial charge in [-0.1, -0.05) is 23.7 Å². The van der Waals surface area contributed by atoms with Crippen LogP contribution in [0.4, 0.5) is 0 Å². The van der Waals surface area contributed by atoms with E-state index in [0.29, 0.717) is 29.3 Å². The van der Waals surface area contributed by atoms with Gasteiger partial charge in [0.25, 0.3) is 5.91 Å². The third kappa shape index (κ3) is 5.07. The molecule has 0 atom stereocenters. The van der Waals surface area contributed by atoms with E-state index >= 15 is 0 Å². The number of carbonyl (C=O) groups is 1. The van der Waals surface area contributed by atoms with Gasteiger partial charge < -0.3 is 14.5 Å². The minimum absolute atomic E-state index is 0.151. The molecular weight excluding hydrogens is 434 g/mol. The van der Waals surface area contributed by atoms with Crippen LogP contribution in [0.5, 0.6) is 0 Å². The number of amides is 1. The molecule has 2 aromatic heterocycles. The van der Waals surface area contributed by atoms with E-state index in [1.54, 1.807) is 10.8 Å². The average molecular weight is 460 g/mol. The van der Waals surface area contributed by atoms with Gasteiger partial charge in [-0.05, 0) is 77.6 Å². The molecule has 168 valence electrons. The Morgan fingerprint density at radius 2 is 1.88 bits per heavy atom. The predicted octanol–water partition coefficient (Wildman–Crippen LogP) is 4.62. The second-order valence-electron chi connectivity index (χ2n) is 8.24. The molecule has 0 radical (unpaired) electrons. The predicted molar refractivity (Wildman–Crippen MR) is 130 cm³/mol. The number of rotatable bonds is 6. The van der Waals surface area contributed by atoms with E-state index in [-0.39, 0.29) is 5.91 Å². The minimum Gasteiger partial charge on any atom is -0.348 e. The summed E-state index contributed by atoms with van der Waals surface area (Å²) in [6, 6.07) is 13.6. The summed E-state index contributed by atoms with van der Waals surface area (Å²) in [5.74, 6) is -0.151. The van der Waals surface area contributed by atoms with Gasteiger partial charge in [-0.2, -0.15) is 0 Å². The quantitative estimate of drug-likeness (QED) is 0.441. The number of hydrogen-bond donors (Lipinski definition) is 2. The smallest absolute Gasteiger partial charge is 0.251 e. The molecule has 4 aromatic rings. The Hall–Kier alpha value is -3.64. The van der Waals surface area contributed by atoms with Gasteiger partial charge in [0.05, 0.1) is 6.54 Å². The molecule has 2 heterocycles. The summed E-state index contributed by atoms with van der Waals surface area (Å²) in [6.45, 7) is 4.86. The van der Waals surface area contributed by atoms with Crippen molar-refractivity contribution in [1.82, 2.24) is 19.4 Å². The fourth-order valence-corrected chi connectivity index (χ4v) is 3.93. The van der Waals surface area contributed by atoms with Gasteiger partial charge in [0.15, 0.2) is 0 Å². The van der Waals surface area contributed by atoms with E-state index in [2.05, 4.69) is 16.4 Å². The fraction of sp³-hybridized carbons (Fsp3) is 0.192. The molecule has 4 rings (SSSR count). The Bertz CT molecular complexity index is 1390. The lowest BCUT2D eigenvalue weighted by atomic mass is 9.97. The van der Waals surface area contributed by atoms with Crippen LogP contribution in [0.1, 0.15) is 32.6 Å². The topological polar surface area (TPSA) is 75.7 Å². The standard InChI is InChI=1S/C26H26ClN5O/c1-17-10-19(4-5-24(17)27)15-30-25(33)22-12-20(16-32-9-8-31(3)26(32)28)11-21(13-22)23-6-7-29-14-18(23)2/h4-14,28H,15-16H2,1-3H3,(H,30,33). The highest BCUT2D eigenvalue weighted by Crippen LogP contribution is 2.26. The first kappa shape index (κ1) is 22.6. The molecule has 6 nitrogen and oxygen atoms in total. The summed E-state index contributed by atoms with van der Waals surface area (Å²) < 4.78 is 3.59. The Morgan fingerprint density at radius 1 is 1.06 bits per heavy atom. The molecule has 2 aromatic carbocycles. The molecule has 0 bridgehead atoms. The van der Waals surface area contributed by atoms with E-state index in [1.165, 1.54) is 0 Å². The summed E-state index contributed by atoms with van der Waals surface area (Å²) in [7, 11) is 1.84. The third-order valence-corrected chi connectivity index (χ3v) is 6.12. The summed E-state index contributed by atoms with van der Waals surface area (Å²) in [5.41, 5.74) is 6.89. The normalized spacial score (nSPS) is 10.9. The summed E-state index contributed by atoms with van der Waals surface area (Å²) in [6.07, 6.45) is 7.29. The van der Waals surface area contributed by atoms with E-state index in [9.17, 15) is 4.79 Å². The number of aromatic nitrogens is 3. The summed E-state index contributed by atoms with van der Waals surface area (Å²) >= 11 is 6.12. The Morgan fingerprint density at radius 3 is 2.58 bits per heavy atom. The van der Waals surface area contributed by atoms with Crippen molar-refractivity contribution in [2.24, 2.45) is 7.05 Å². The Kier molecular flexibility index (Phi) is 6.47. The number of imidazole rings is 1. The van der Waals surface area contributed by atoms with E-state index in [1.807, 2.05) is 80.5 Å². The van der Waals surface area contributed by atoms with Crippen LogP contribution in [0.25, 0.3) is 11.1 Å². The SMILES string of the molecule is Cc1cc(CNC(=O)c2cc(Cn3ccn(C)c3=N)cc(-c3ccncc3C)c2)ccc1Cl.